The van der Waals surface area contributed by atoms with Crippen molar-refractivity contribution >= 4 is 18.5 Å². The zero-order valence-electron chi connectivity index (χ0n) is 12.1. The number of thiol groups is 1. The Bertz CT molecular complexity index is 652. The zero-order chi connectivity index (χ0) is 14.8. The topological polar surface area (TPSA) is 38.1 Å². The number of nitrogens with zero attached hydrogens (tertiary/aromatic N) is 3. The second-order valence-corrected chi connectivity index (χ2v) is 5.87. The van der Waals surface area contributed by atoms with Gasteiger partial charge in [0.15, 0.2) is 0 Å². The summed E-state index contributed by atoms with van der Waals surface area (Å²) >= 11 is 4.31. The molecule has 1 atom stereocenters. The largest absolute Gasteiger partial charge is 0.338 e. The van der Waals surface area contributed by atoms with Crippen LogP contribution in [-0.4, -0.2) is 32.7 Å². The lowest BCUT2D eigenvalue weighted by Gasteiger charge is -2.19. The smallest absolute Gasteiger partial charge is 0.223 e. The van der Waals surface area contributed by atoms with Crippen LogP contribution in [0.2, 0.25) is 0 Å². The molecule has 1 unspecified atom stereocenters. The predicted octanol–water partition coefficient (Wildman–Crippen LogP) is 2.46. The van der Waals surface area contributed by atoms with Gasteiger partial charge in [0.2, 0.25) is 5.91 Å². The lowest BCUT2D eigenvalue weighted by atomic mass is 10.1. The van der Waals surface area contributed by atoms with Gasteiger partial charge in [-0.25, -0.2) is 4.98 Å². The number of likely N-dealkylation sites (tertiary alicyclic amines) is 1. The van der Waals surface area contributed by atoms with Gasteiger partial charge >= 0.3 is 0 Å². The zero-order valence-corrected chi connectivity index (χ0v) is 13.0. The third kappa shape index (κ3) is 2.83. The summed E-state index contributed by atoms with van der Waals surface area (Å²) in [5, 5.41) is 0. The van der Waals surface area contributed by atoms with Crippen LogP contribution >= 0.6 is 12.6 Å². The Morgan fingerprint density at radius 1 is 1.38 bits per heavy atom. The number of aromatic nitrogens is 2. The van der Waals surface area contributed by atoms with E-state index in [1.807, 2.05) is 30.2 Å². The average Bonchev–Trinajstić information content (AvgIpc) is 3.06. The van der Waals surface area contributed by atoms with Crippen LogP contribution in [0.25, 0.3) is 5.69 Å². The normalized spacial score (nSPS) is 18.5. The second kappa shape index (κ2) is 5.93. The van der Waals surface area contributed by atoms with Crippen LogP contribution in [0, 0.1) is 12.8 Å². The number of hydrogen-bond donors (Lipinski definition) is 1. The van der Waals surface area contributed by atoms with Crippen molar-refractivity contribution in [1.82, 2.24) is 14.5 Å². The molecule has 0 radical (unpaired) electrons. The highest BCUT2D eigenvalue weighted by Gasteiger charge is 2.28. The Labute approximate surface area is 130 Å². The number of carbonyl (C=O) groups is 1. The summed E-state index contributed by atoms with van der Waals surface area (Å²) in [5.41, 5.74) is 2.24. The van der Waals surface area contributed by atoms with E-state index in [1.165, 1.54) is 0 Å². The van der Waals surface area contributed by atoms with E-state index in [-0.39, 0.29) is 5.91 Å². The molecule has 0 spiro atoms. The van der Waals surface area contributed by atoms with Crippen LogP contribution in [-0.2, 0) is 11.3 Å². The molecule has 0 N–H and O–H groups in total. The number of aryl methyl sites for hydroxylation is 1. The number of imidazole rings is 1. The maximum Gasteiger partial charge on any atom is 0.223 e. The van der Waals surface area contributed by atoms with Crippen molar-refractivity contribution in [2.45, 2.75) is 19.9 Å². The summed E-state index contributed by atoms with van der Waals surface area (Å²) in [6, 6.07) is 8.18. The van der Waals surface area contributed by atoms with Crippen LogP contribution in [0.4, 0.5) is 0 Å². The highest BCUT2D eigenvalue weighted by atomic mass is 32.1. The monoisotopic (exact) mass is 301 g/mol. The molecule has 5 heteroatoms. The molecule has 1 fully saturated rings. The summed E-state index contributed by atoms with van der Waals surface area (Å²) in [6.45, 7) is 3.44. The quantitative estimate of drug-likeness (QED) is 0.881. The molecule has 3 rings (SSSR count). The van der Waals surface area contributed by atoms with Gasteiger partial charge in [-0.15, -0.1) is 0 Å². The van der Waals surface area contributed by atoms with Crippen molar-refractivity contribution < 1.29 is 4.79 Å². The lowest BCUT2D eigenvalue weighted by molar-refractivity contribution is -0.128. The van der Waals surface area contributed by atoms with E-state index in [9.17, 15) is 4.79 Å². The molecule has 1 aromatic carbocycles. The fraction of sp³-hybridized carbons (Fsp3) is 0.375. The second-order valence-electron chi connectivity index (χ2n) is 5.50. The molecule has 1 aliphatic rings. The fourth-order valence-electron chi connectivity index (χ4n) is 2.85. The number of carbonyl (C=O) groups excluding carboxylic acids is 1. The summed E-state index contributed by atoms with van der Waals surface area (Å²) in [5.74, 6) is 2.32. The highest BCUT2D eigenvalue weighted by Crippen LogP contribution is 2.24. The van der Waals surface area contributed by atoms with Crippen molar-refractivity contribution in [2.75, 3.05) is 12.3 Å². The van der Waals surface area contributed by atoms with Crippen molar-refractivity contribution in [1.29, 1.82) is 0 Å². The molecule has 21 heavy (non-hydrogen) atoms. The van der Waals surface area contributed by atoms with Crippen LogP contribution in [0.3, 0.4) is 0 Å². The van der Waals surface area contributed by atoms with Crippen molar-refractivity contribution in [3.63, 3.8) is 0 Å². The van der Waals surface area contributed by atoms with Gasteiger partial charge in [0.25, 0.3) is 0 Å². The molecule has 1 aromatic heterocycles. The molecule has 1 aliphatic heterocycles. The van der Waals surface area contributed by atoms with Crippen molar-refractivity contribution in [3.05, 3.63) is 48.0 Å². The number of para-hydroxylation sites is 1. The minimum absolute atomic E-state index is 0.228. The molecule has 2 heterocycles. The Morgan fingerprint density at radius 3 is 2.86 bits per heavy atom. The predicted molar refractivity (Wildman–Crippen MR) is 85.7 cm³/mol. The van der Waals surface area contributed by atoms with Crippen LogP contribution in [0.1, 0.15) is 17.8 Å². The van der Waals surface area contributed by atoms with E-state index in [2.05, 4.69) is 34.3 Å². The van der Waals surface area contributed by atoms with E-state index in [4.69, 9.17) is 0 Å². The molecule has 1 amide bonds. The number of amides is 1. The van der Waals surface area contributed by atoms with E-state index in [0.29, 0.717) is 18.9 Å². The van der Waals surface area contributed by atoms with Crippen LogP contribution < -0.4 is 0 Å². The first-order valence-electron chi connectivity index (χ1n) is 7.16. The van der Waals surface area contributed by atoms with E-state index >= 15 is 0 Å². The van der Waals surface area contributed by atoms with Gasteiger partial charge in [0.1, 0.15) is 5.82 Å². The van der Waals surface area contributed by atoms with Gasteiger partial charge in [-0.05, 0) is 30.2 Å². The Morgan fingerprint density at radius 2 is 2.19 bits per heavy atom. The molecule has 110 valence electrons. The Balaban J connectivity index is 1.87. The van der Waals surface area contributed by atoms with Crippen molar-refractivity contribution in [2.24, 2.45) is 5.92 Å². The molecular weight excluding hydrogens is 282 g/mol. The Hall–Kier alpha value is -1.75. The molecule has 4 nitrogen and oxygen atoms in total. The molecular formula is C16H19N3OS. The number of hydrogen-bond acceptors (Lipinski definition) is 3. The molecule has 1 saturated heterocycles. The first kappa shape index (κ1) is 14.2. The first-order valence-corrected chi connectivity index (χ1v) is 7.79. The maximum atomic E-state index is 12.1. The molecule has 0 bridgehead atoms. The summed E-state index contributed by atoms with van der Waals surface area (Å²) in [6.07, 6.45) is 4.37. The van der Waals surface area contributed by atoms with Crippen LogP contribution in [0.15, 0.2) is 36.7 Å². The first-order chi connectivity index (χ1) is 10.2. The van der Waals surface area contributed by atoms with Crippen LogP contribution in [0.5, 0.6) is 0 Å². The van der Waals surface area contributed by atoms with E-state index in [1.54, 1.807) is 6.20 Å². The lowest BCUT2D eigenvalue weighted by Crippen LogP contribution is -2.25. The van der Waals surface area contributed by atoms with Gasteiger partial charge < -0.3 is 9.47 Å². The third-order valence-corrected chi connectivity index (χ3v) is 4.51. The fourth-order valence-corrected chi connectivity index (χ4v) is 3.09. The van der Waals surface area contributed by atoms with Gasteiger partial charge in [-0.1, -0.05) is 18.2 Å². The van der Waals surface area contributed by atoms with E-state index in [0.717, 1.165) is 29.4 Å². The summed E-state index contributed by atoms with van der Waals surface area (Å²) < 4.78 is 2.06. The highest BCUT2D eigenvalue weighted by molar-refractivity contribution is 7.80. The molecule has 0 saturated carbocycles. The molecule has 0 aliphatic carbocycles. The third-order valence-electron chi connectivity index (χ3n) is 3.99. The minimum atomic E-state index is 0.228. The SMILES string of the molecule is Cc1nccn1-c1ccccc1CN1CC(CS)CC1=O. The average molecular weight is 301 g/mol. The van der Waals surface area contributed by atoms with E-state index < -0.39 is 0 Å². The number of benzene rings is 1. The van der Waals surface area contributed by atoms with Gasteiger partial charge in [-0.2, -0.15) is 12.6 Å². The minimum Gasteiger partial charge on any atom is -0.338 e. The molecule has 2 aromatic rings. The Kier molecular flexibility index (Phi) is 4.01. The van der Waals surface area contributed by atoms with Gasteiger partial charge in [0, 0.05) is 31.9 Å². The summed E-state index contributed by atoms with van der Waals surface area (Å²) in [7, 11) is 0. The van der Waals surface area contributed by atoms with Gasteiger partial charge in [0.05, 0.1) is 5.69 Å². The standard InChI is InChI=1S/C16H19N3OS/c1-12-17-6-7-19(12)15-5-3-2-4-14(15)10-18-9-13(11-21)8-16(18)20/h2-7,13,21H,8-11H2,1H3. The summed E-state index contributed by atoms with van der Waals surface area (Å²) in [4.78, 5) is 18.3. The maximum absolute atomic E-state index is 12.1. The van der Waals surface area contributed by atoms with Gasteiger partial charge in [-0.3, -0.25) is 4.79 Å². The number of rotatable bonds is 4. The van der Waals surface area contributed by atoms with Crippen molar-refractivity contribution in [3.8, 4) is 5.69 Å².